The molecule has 1 amide bonds. The number of carbonyl (C=O) groups excluding carboxylic acids is 1. The molecular formula is C14H18N2O3. The van der Waals surface area contributed by atoms with Crippen molar-refractivity contribution in [3.8, 4) is 5.75 Å². The van der Waals surface area contributed by atoms with Crippen LogP contribution in [0, 0.1) is 0 Å². The Morgan fingerprint density at radius 1 is 1.26 bits per heavy atom. The van der Waals surface area contributed by atoms with E-state index in [1.807, 2.05) is 6.07 Å². The second-order valence-electron chi connectivity index (χ2n) is 5.02. The Labute approximate surface area is 112 Å². The van der Waals surface area contributed by atoms with Crippen LogP contribution in [0.2, 0.25) is 0 Å². The third-order valence-corrected chi connectivity index (χ3v) is 3.59. The molecule has 5 heteroatoms. The maximum Gasteiger partial charge on any atom is 0.224 e. The van der Waals surface area contributed by atoms with Crippen molar-refractivity contribution in [3.63, 3.8) is 0 Å². The minimum Gasteiger partial charge on any atom is -0.488 e. The van der Waals surface area contributed by atoms with Crippen LogP contribution in [0.3, 0.4) is 0 Å². The third kappa shape index (κ3) is 2.66. The molecule has 19 heavy (non-hydrogen) atoms. The van der Waals surface area contributed by atoms with Gasteiger partial charge in [-0.15, -0.1) is 0 Å². The van der Waals surface area contributed by atoms with Gasteiger partial charge in [-0.05, 0) is 24.1 Å². The number of anilines is 2. The van der Waals surface area contributed by atoms with Gasteiger partial charge >= 0.3 is 0 Å². The average Bonchev–Trinajstić information content (AvgIpc) is 2.41. The van der Waals surface area contributed by atoms with Crippen LogP contribution in [-0.4, -0.2) is 25.2 Å². The number of rotatable bonds is 2. The summed E-state index contributed by atoms with van der Waals surface area (Å²) >= 11 is 0. The zero-order valence-corrected chi connectivity index (χ0v) is 10.8. The first-order valence-electron chi connectivity index (χ1n) is 6.69. The van der Waals surface area contributed by atoms with Gasteiger partial charge in [0.2, 0.25) is 5.91 Å². The maximum atomic E-state index is 11.3. The van der Waals surface area contributed by atoms with Gasteiger partial charge in [0.1, 0.15) is 11.9 Å². The molecule has 0 radical (unpaired) electrons. The summed E-state index contributed by atoms with van der Waals surface area (Å²) in [6.07, 6.45) is 3.23. The van der Waals surface area contributed by atoms with Crippen LogP contribution in [0.5, 0.6) is 5.75 Å². The highest BCUT2D eigenvalue weighted by Gasteiger charge is 2.20. The number of nitrogens with two attached hydrogens (primary N) is 1. The standard InChI is InChI=1S/C14H18N2O3/c15-11-8-12-9(1-2-14(17)16-12)7-13(11)19-10-3-5-18-6-4-10/h7-8,10H,1-6,15H2,(H,16,17). The number of amides is 1. The Hall–Kier alpha value is -1.75. The van der Waals surface area contributed by atoms with Crippen molar-refractivity contribution in [2.24, 2.45) is 0 Å². The highest BCUT2D eigenvalue weighted by molar-refractivity contribution is 5.94. The first kappa shape index (κ1) is 12.3. The molecule has 1 aromatic carbocycles. The molecule has 0 spiro atoms. The van der Waals surface area contributed by atoms with Crippen molar-refractivity contribution in [2.75, 3.05) is 24.3 Å². The van der Waals surface area contributed by atoms with E-state index in [-0.39, 0.29) is 12.0 Å². The quantitative estimate of drug-likeness (QED) is 0.796. The predicted octanol–water partition coefficient (Wildman–Crippen LogP) is 1.71. The molecule has 1 aromatic rings. The Bertz CT molecular complexity index is 496. The van der Waals surface area contributed by atoms with Crippen molar-refractivity contribution in [1.82, 2.24) is 0 Å². The molecule has 1 saturated heterocycles. The molecule has 3 N–H and O–H groups in total. The smallest absolute Gasteiger partial charge is 0.224 e. The Morgan fingerprint density at radius 2 is 2.05 bits per heavy atom. The molecular weight excluding hydrogens is 244 g/mol. The maximum absolute atomic E-state index is 11.3. The van der Waals surface area contributed by atoms with Crippen LogP contribution in [0.25, 0.3) is 0 Å². The lowest BCUT2D eigenvalue weighted by Gasteiger charge is -2.25. The van der Waals surface area contributed by atoms with Gasteiger partial charge in [0, 0.05) is 24.9 Å². The molecule has 3 rings (SSSR count). The number of nitrogen functional groups attached to an aromatic ring is 1. The molecule has 0 unspecified atom stereocenters. The van der Waals surface area contributed by atoms with E-state index in [1.54, 1.807) is 6.07 Å². The number of benzene rings is 1. The van der Waals surface area contributed by atoms with Gasteiger partial charge in [0.05, 0.1) is 18.9 Å². The summed E-state index contributed by atoms with van der Waals surface area (Å²) in [5.41, 5.74) is 8.48. The Morgan fingerprint density at radius 3 is 2.84 bits per heavy atom. The summed E-state index contributed by atoms with van der Waals surface area (Å²) in [6.45, 7) is 1.48. The summed E-state index contributed by atoms with van der Waals surface area (Å²) in [5, 5.41) is 2.84. The molecule has 102 valence electrons. The lowest BCUT2D eigenvalue weighted by Crippen LogP contribution is -2.26. The fourth-order valence-electron chi connectivity index (χ4n) is 2.50. The van der Waals surface area contributed by atoms with Gasteiger partial charge in [-0.3, -0.25) is 4.79 Å². The first-order chi connectivity index (χ1) is 9.22. The van der Waals surface area contributed by atoms with E-state index >= 15 is 0 Å². The molecule has 2 aliphatic heterocycles. The van der Waals surface area contributed by atoms with Crippen LogP contribution < -0.4 is 15.8 Å². The van der Waals surface area contributed by atoms with Crippen LogP contribution in [0.1, 0.15) is 24.8 Å². The highest BCUT2D eigenvalue weighted by atomic mass is 16.5. The topological polar surface area (TPSA) is 73.6 Å². The SMILES string of the molecule is Nc1cc2c(cc1OC1CCOCC1)CCC(=O)N2. The highest BCUT2D eigenvalue weighted by Crippen LogP contribution is 2.33. The number of hydrogen-bond acceptors (Lipinski definition) is 4. The van der Waals surface area contributed by atoms with Gasteiger partial charge in [-0.1, -0.05) is 0 Å². The Balaban J connectivity index is 1.80. The van der Waals surface area contributed by atoms with Crippen LogP contribution >= 0.6 is 0 Å². The lowest BCUT2D eigenvalue weighted by atomic mass is 10.0. The van der Waals surface area contributed by atoms with Gasteiger partial charge in [0.15, 0.2) is 0 Å². The zero-order valence-electron chi connectivity index (χ0n) is 10.8. The minimum atomic E-state index is 0.0463. The van der Waals surface area contributed by atoms with Crippen molar-refractivity contribution in [3.05, 3.63) is 17.7 Å². The molecule has 2 aliphatic rings. The number of ether oxygens (including phenoxy) is 2. The van der Waals surface area contributed by atoms with Gasteiger partial charge < -0.3 is 20.5 Å². The fourth-order valence-corrected chi connectivity index (χ4v) is 2.50. The second-order valence-corrected chi connectivity index (χ2v) is 5.02. The second kappa shape index (κ2) is 5.09. The minimum absolute atomic E-state index is 0.0463. The summed E-state index contributed by atoms with van der Waals surface area (Å²) in [7, 11) is 0. The van der Waals surface area contributed by atoms with E-state index < -0.39 is 0 Å². The average molecular weight is 262 g/mol. The lowest BCUT2D eigenvalue weighted by molar-refractivity contribution is -0.116. The van der Waals surface area contributed by atoms with E-state index in [0.717, 1.165) is 49.5 Å². The molecule has 0 saturated carbocycles. The van der Waals surface area contributed by atoms with Gasteiger partial charge in [0.25, 0.3) is 0 Å². The molecule has 0 aromatic heterocycles. The van der Waals surface area contributed by atoms with Crippen molar-refractivity contribution >= 4 is 17.3 Å². The summed E-state index contributed by atoms with van der Waals surface area (Å²) in [4.78, 5) is 11.3. The Kier molecular flexibility index (Phi) is 3.29. The van der Waals surface area contributed by atoms with Crippen LogP contribution in [0.15, 0.2) is 12.1 Å². The molecule has 1 fully saturated rings. The van der Waals surface area contributed by atoms with E-state index in [4.69, 9.17) is 15.2 Å². The molecule has 0 atom stereocenters. The largest absolute Gasteiger partial charge is 0.488 e. The zero-order chi connectivity index (χ0) is 13.2. The third-order valence-electron chi connectivity index (χ3n) is 3.59. The van der Waals surface area contributed by atoms with E-state index in [9.17, 15) is 4.79 Å². The molecule has 0 aliphatic carbocycles. The number of fused-ring (bicyclic) bond motifs is 1. The van der Waals surface area contributed by atoms with E-state index in [0.29, 0.717) is 12.1 Å². The predicted molar refractivity (Wildman–Crippen MR) is 72.3 cm³/mol. The fraction of sp³-hybridized carbons (Fsp3) is 0.500. The van der Waals surface area contributed by atoms with Gasteiger partial charge in [-0.25, -0.2) is 0 Å². The summed E-state index contributed by atoms with van der Waals surface area (Å²) in [5.74, 6) is 0.770. The molecule has 5 nitrogen and oxygen atoms in total. The number of nitrogens with one attached hydrogen (secondary N) is 1. The number of hydrogen-bond donors (Lipinski definition) is 2. The van der Waals surface area contributed by atoms with Crippen LogP contribution in [0.4, 0.5) is 11.4 Å². The molecule has 2 heterocycles. The monoisotopic (exact) mass is 262 g/mol. The van der Waals surface area contributed by atoms with E-state index in [1.165, 1.54) is 0 Å². The van der Waals surface area contributed by atoms with Crippen molar-refractivity contribution in [2.45, 2.75) is 31.8 Å². The first-order valence-corrected chi connectivity index (χ1v) is 6.69. The van der Waals surface area contributed by atoms with Gasteiger partial charge in [-0.2, -0.15) is 0 Å². The normalized spacial score (nSPS) is 19.7. The number of aryl methyl sites for hydroxylation is 1. The number of carbonyl (C=O) groups is 1. The molecule has 0 bridgehead atoms. The summed E-state index contributed by atoms with van der Waals surface area (Å²) < 4.78 is 11.3. The van der Waals surface area contributed by atoms with Crippen molar-refractivity contribution < 1.29 is 14.3 Å². The summed E-state index contributed by atoms with van der Waals surface area (Å²) in [6, 6.07) is 3.75. The van der Waals surface area contributed by atoms with Crippen molar-refractivity contribution in [1.29, 1.82) is 0 Å². The van der Waals surface area contributed by atoms with Crippen LogP contribution in [-0.2, 0) is 16.0 Å². The van der Waals surface area contributed by atoms with E-state index in [2.05, 4.69) is 5.32 Å².